The largest absolute Gasteiger partial charge is 0.272 e. The number of thiophene rings is 1. The Balaban J connectivity index is 2.37. The molecule has 0 saturated carbocycles. The molecule has 1 N–H and O–H groups in total. The minimum atomic E-state index is -3.67. The van der Waals surface area contributed by atoms with Gasteiger partial charge in [-0.25, -0.2) is 8.42 Å². The zero-order valence-electron chi connectivity index (χ0n) is 9.71. The molecule has 0 amide bonds. The van der Waals surface area contributed by atoms with Gasteiger partial charge in [-0.05, 0) is 19.1 Å². The summed E-state index contributed by atoms with van der Waals surface area (Å²) in [7, 11) is -2.05. The van der Waals surface area contributed by atoms with E-state index in [1.807, 2.05) is 13.0 Å². The third-order valence-electron chi connectivity index (χ3n) is 2.16. The molecular formula is C10H10N4O2S2. The maximum absolute atomic E-state index is 12.0. The summed E-state index contributed by atoms with van der Waals surface area (Å²) in [5, 5.41) is 12.8. The van der Waals surface area contributed by atoms with Gasteiger partial charge in [0.1, 0.15) is 15.8 Å². The lowest BCUT2D eigenvalue weighted by Gasteiger charge is -2.02. The molecule has 0 saturated heterocycles. The van der Waals surface area contributed by atoms with Crippen LogP contribution in [0.5, 0.6) is 0 Å². The molecule has 0 unspecified atom stereocenters. The molecule has 0 atom stereocenters. The van der Waals surface area contributed by atoms with Gasteiger partial charge in [-0.3, -0.25) is 9.40 Å². The van der Waals surface area contributed by atoms with Crippen LogP contribution in [0.4, 0.5) is 5.82 Å². The molecule has 0 radical (unpaired) electrons. The number of hydrogen-bond donors (Lipinski definition) is 1. The standard InChI is InChI=1S/C10H10N4O2S2/c1-7-3-4-9(17-7)18(15,16)13-10-8(5-11)6-14(2)12-10/h3-4,6H,1-2H3,(H,12,13). The maximum Gasteiger partial charge on any atom is 0.272 e. The smallest absolute Gasteiger partial charge is 0.272 e. The minimum absolute atomic E-state index is 0.0473. The van der Waals surface area contributed by atoms with E-state index < -0.39 is 10.0 Å². The fraction of sp³-hybridized carbons (Fsp3) is 0.200. The van der Waals surface area contributed by atoms with Crippen molar-refractivity contribution in [3.63, 3.8) is 0 Å². The molecule has 0 aromatic carbocycles. The normalized spacial score (nSPS) is 11.2. The third kappa shape index (κ3) is 2.37. The second-order valence-corrected chi connectivity index (χ2v) is 6.84. The monoisotopic (exact) mass is 282 g/mol. The van der Waals surface area contributed by atoms with Crippen LogP contribution in [0.3, 0.4) is 0 Å². The van der Waals surface area contributed by atoms with Gasteiger partial charge in [0.2, 0.25) is 0 Å². The average molecular weight is 282 g/mol. The summed E-state index contributed by atoms with van der Waals surface area (Å²) < 4.78 is 28.0. The lowest BCUT2D eigenvalue weighted by atomic mass is 10.4. The molecule has 8 heteroatoms. The Kier molecular flexibility index (Phi) is 3.11. The van der Waals surface area contributed by atoms with Crippen LogP contribution in [0.25, 0.3) is 0 Å². The van der Waals surface area contributed by atoms with Crippen LogP contribution in [0.15, 0.2) is 22.5 Å². The van der Waals surface area contributed by atoms with Crippen LogP contribution in [0.2, 0.25) is 0 Å². The van der Waals surface area contributed by atoms with Gasteiger partial charge in [0.05, 0.1) is 0 Å². The van der Waals surface area contributed by atoms with E-state index in [0.29, 0.717) is 0 Å². The summed E-state index contributed by atoms with van der Waals surface area (Å²) in [5.74, 6) is 0.0473. The molecule has 2 aromatic heterocycles. The Hall–Kier alpha value is -1.85. The average Bonchev–Trinajstić information content (AvgIpc) is 2.84. The Morgan fingerprint density at radius 1 is 1.50 bits per heavy atom. The highest BCUT2D eigenvalue weighted by atomic mass is 32.2. The van der Waals surface area contributed by atoms with Gasteiger partial charge < -0.3 is 0 Å². The summed E-state index contributed by atoms with van der Waals surface area (Å²) in [5.41, 5.74) is 0.189. The van der Waals surface area contributed by atoms with Crippen molar-refractivity contribution in [3.8, 4) is 6.07 Å². The highest BCUT2D eigenvalue weighted by Gasteiger charge is 2.19. The van der Waals surface area contributed by atoms with Crippen molar-refractivity contribution in [2.24, 2.45) is 7.05 Å². The minimum Gasteiger partial charge on any atom is -0.272 e. The van der Waals surface area contributed by atoms with Crippen molar-refractivity contribution >= 4 is 27.2 Å². The van der Waals surface area contributed by atoms with Crippen LogP contribution in [-0.2, 0) is 17.1 Å². The molecular weight excluding hydrogens is 272 g/mol. The molecule has 2 aromatic rings. The summed E-state index contributed by atoms with van der Waals surface area (Å²) in [6.45, 7) is 1.82. The molecule has 6 nitrogen and oxygen atoms in total. The maximum atomic E-state index is 12.0. The van der Waals surface area contributed by atoms with Gasteiger partial charge in [0.25, 0.3) is 10.0 Å². The van der Waals surface area contributed by atoms with Crippen LogP contribution in [-0.4, -0.2) is 18.2 Å². The number of hydrogen-bond acceptors (Lipinski definition) is 5. The highest BCUT2D eigenvalue weighted by Crippen LogP contribution is 2.23. The Labute approximate surface area is 109 Å². The van der Waals surface area contributed by atoms with Crippen molar-refractivity contribution in [1.29, 1.82) is 5.26 Å². The number of aryl methyl sites for hydroxylation is 2. The molecule has 0 aliphatic rings. The van der Waals surface area contributed by atoms with Crippen molar-refractivity contribution < 1.29 is 8.42 Å². The number of sulfonamides is 1. The number of nitrogens with one attached hydrogen (secondary N) is 1. The fourth-order valence-corrected chi connectivity index (χ4v) is 3.68. The van der Waals surface area contributed by atoms with Crippen molar-refractivity contribution in [2.45, 2.75) is 11.1 Å². The molecule has 18 heavy (non-hydrogen) atoms. The topological polar surface area (TPSA) is 87.8 Å². The first-order valence-electron chi connectivity index (χ1n) is 4.95. The first kappa shape index (κ1) is 12.6. The first-order chi connectivity index (χ1) is 8.42. The van der Waals surface area contributed by atoms with E-state index in [9.17, 15) is 8.42 Å². The van der Waals surface area contributed by atoms with Crippen LogP contribution in [0, 0.1) is 18.3 Å². The molecule has 0 aliphatic carbocycles. The lowest BCUT2D eigenvalue weighted by molar-refractivity contribution is 0.602. The van der Waals surface area contributed by atoms with Gasteiger partial charge >= 0.3 is 0 Å². The molecule has 2 heterocycles. The van der Waals surface area contributed by atoms with E-state index in [0.717, 1.165) is 4.88 Å². The summed E-state index contributed by atoms with van der Waals surface area (Å²) >= 11 is 1.17. The SMILES string of the molecule is Cc1ccc(S(=O)(=O)Nc2nn(C)cc2C#N)s1. The van der Waals surface area contributed by atoms with E-state index in [4.69, 9.17) is 5.26 Å². The van der Waals surface area contributed by atoms with Crippen LogP contribution in [0.1, 0.15) is 10.4 Å². The summed E-state index contributed by atoms with van der Waals surface area (Å²) in [4.78, 5) is 0.900. The van der Waals surface area contributed by atoms with Gasteiger partial charge in [-0.15, -0.1) is 11.3 Å². The van der Waals surface area contributed by atoms with Gasteiger partial charge in [0.15, 0.2) is 5.82 Å². The number of anilines is 1. The van der Waals surface area contributed by atoms with E-state index >= 15 is 0 Å². The molecule has 0 aliphatic heterocycles. The van der Waals surface area contributed by atoms with Gasteiger partial charge in [0, 0.05) is 18.1 Å². The van der Waals surface area contributed by atoms with Crippen LogP contribution >= 0.6 is 11.3 Å². The van der Waals surface area contributed by atoms with E-state index in [-0.39, 0.29) is 15.6 Å². The van der Waals surface area contributed by atoms with E-state index in [1.54, 1.807) is 13.1 Å². The predicted molar refractivity (Wildman–Crippen MR) is 67.8 cm³/mol. The second-order valence-electron chi connectivity index (χ2n) is 3.65. The van der Waals surface area contributed by atoms with Crippen molar-refractivity contribution in [3.05, 3.63) is 28.8 Å². The zero-order valence-corrected chi connectivity index (χ0v) is 11.3. The fourth-order valence-electron chi connectivity index (χ4n) is 1.38. The lowest BCUT2D eigenvalue weighted by Crippen LogP contribution is -2.12. The van der Waals surface area contributed by atoms with Crippen molar-refractivity contribution in [2.75, 3.05) is 4.72 Å². The second kappa shape index (κ2) is 4.44. The molecule has 2 rings (SSSR count). The Morgan fingerprint density at radius 3 is 2.78 bits per heavy atom. The van der Waals surface area contributed by atoms with E-state index in [1.165, 1.54) is 28.3 Å². The number of aromatic nitrogens is 2. The number of rotatable bonds is 3. The zero-order chi connectivity index (χ0) is 13.3. The molecule has 0 bridgehead atoms. The third-order valence-corrected chi connectivity index (χ3v) is 4.99. The Morgan fingerprint density at radius 2 is 2.22 bits per heavy atom. The quantitative estimate of drug-likeness (QED) is 0.923. The summed E-state index contributed by atoms with van der Waals surface area (Å²) in [6.07, 6.45) is 1.46. The molecule has 94 valence electrons. The van der Waals surface area contributed by atoms with Gasteiger partial charge in [-0.1, -0.05) is 0 Å². The van der Waals surface area contributed by atoms with Crippen molar-refractivity contribution in [1.82, 2.24) is 9.78 Å². The molecule has 0 fully saturated rings. The number of nitriles is 1. The van der Waals surface area contributed by atoms with E-state index in [2.05, 4.69) is 9.82 Å². The molecule has 0 spiro atoms. The highest BCUT2D eigenvalue weighted by molar-refractivity contribution is 7.94. The first-order valence-corrected chi connectivity index (χ1v) is 7.25. The predicted octanol–water partition coefficient (Wildman–Crippen LogP) is 1.46. The number of nitrogens with zero attached hydrogens (tertiary/aromatic N) is 3. The van der Waals surface area contributed by atoms with Gasteiger partial charge in [-0.2, -0.15) is 10.4 Å². The Bertz CT molecular complexity index is 721. The van der Waals surface area contributed by atoms with Crippen LogP contribution < -0.4 is 4.72 Å². The summed E-state index contributed by atoms with van der Waals surface area (Å²) in [6, 6.07) is 5.14.